The van der Waals surface area contributed by atoms with Crippen molar-refractivity contribution in [2.45, 2.75) is 12.8 Å². The van der Waals surface area contributed by atoms with Crippen molar-refractivity contribution in [2.24, 2.45) is 5.92 Å². The monoisotopic (exact) mass is 256 g/mol. The highest BCUT2D eigenvalue weighted by molar-refractivity contribution is 7.12. The summed E-state index contributed by atoms with van der Waals surface area (Å²) in [5.41, 5.74) is 1.79. The van der Waals surface area contributed by atoms with E-state index in [4.69, 9.17) is 0 Å². The van der Waals surface area contributed by atoms with Crippen LogP contribution < -0.4 is 0 Å². The Morgan fingerprint density at radius 3 is 2.78 bits per heavy atom. The van der Waals surface area contributed by atoms with Crippen molar-refractivity contribution in [1.29, 1.82) is 0 Å². The average Bonchev–Trinajstić information content (AvgIpc) is 2.93. The van der Waals surface area contributed by atoms with Crippen LogP contribution in [0.15, 0.2) is 41.8 Å². The number of fused-ring (bicyclic) bond motifs is 1. The Bertz CT molecular complexity index is 599. The first-order valence-corrected chi connectivity index (χ1v) is 6.85. The normalized spacial score (nSPS) is 18.4. The minimum Gasteiger partial charge on any atom is -0.293 e. The summed E-state index contributed by atoms with van der Waals surface area (Å²) in [6, 6.07) is 11.2. The molecule has 1 aliphatic rings. The van der Waals surface area contributed by atoms with Gasteiger partial charge in [-0.3, -0.25) is 9.59 Å². The van der Waals surface area contributed by atoms with Gasteiger partial charge < -0.3 is 0 Å². The van der Waals surface area contributed by atoms with E-state index in [-0.39, 0.29) is 11.6 Å². The maximum absolute atomic E-state index is 12.3. The van der Waals surface area contributed by atoms with Crippen molar-refractivity contribution in [3.05, 3.63) is 57.8 Å². The molecule has 2 aromatic rings. The maximum Gasteiger partial charge on any atom is 0.183 e. The number of aryl methyl sites for hydroxylation is 1. The third-order valence-corrected chi connectivity index (χ3v) is 4.27. The number of carbonyl (C=O) groups excluding carboxylic acids is 2. The van der Waals surface area contributed by atoms with Gasteiger partial charge in [-0.1, -0.05) is 30.3 Å². The van der Waals surface area contributed by atoms with Gasteiger partial charge in [0.2, 0.25) is 0 Å². The van der Waals surface area contributed by atoms with Gasteiger partial charge in [0.25, 0.3) is 0 Å². The van der Waals surface area contributed by atoms with E-state index in [0.29, 0.717) is 11.3 Å². The Morgan fingerprint density at radius 1 is 1.17 bits per heavy atom. The summed E-state index contributed by atoms with van der Waals surface area (Å²) in [5, 5.41) is 1.87. The van der Waals surface area contributed by atoms with Crippen LogP contribution in [-0.4, -0.2) is 11.6 Å². The highest BCUT2D eigenvalue weighted by Crippen LogP contribution is 2.28. The Balaban J connectivity index is 1.94. The molecule has 1 aromatic carbocycles. The third kappa shape index (κ3) is 1.81. The van der Waals surface area contributed by atoms with Crippen molar-refractivity contribution in [3.63, 3.8) is 0 Å². The largest absolute Gasteiger partial charge is 0.293 e. The second-order valence-electron chi connectivity index (χ2n) is 4.45. The van der Waals surface area contributed by atoms with Gasteiger partial charge in [0.05, 0.1) is 10.8 Å². The quantitative estimate of drug-likeness (QED) is 0.609. The molecule has 0 saturated heterocycles. The Labute approximate surface area is 109 Å². The van der Waals surface area contributed by atoms with Crippen LogP contribution in [0.3, 0.4) is 0 Å². The van der Waals surface area contributed by atoms with Crippen molar-refractivity contribution >= 4 is 22.9 Å². The van der Waals surface area contributed by atoms with Gasteiger partial charge in [-0.15, -0.1) is 11.3 Å². The van der Waals surface area contributed by atoms with Crippen LogP contribution in [0.1, 0.15) is 32.0 Å². The molecule has 3 heteroatoms. The van der Waals surface area contributed by atoms with Gasteiger partial charge in [0, 0.05) is 5.56 Å². The summed E-state index contributed by atoms with van der Waals surface area (Å²) >= 11 is 1.41. The number of rotatable bonds is 2. The number of thiophene rings is 1. The molecule has 0 aliphatic heterocycles. The van der Waals surface area contributed by atoms with Crippen LogP contribution in [0, 0.1) is 5.92 Å². The predicted molar refractivity (Wildman–Crippen MR) is 71.2 cm³/mol. The first-order chi connectivity index (χ1) is 8.77. The van der Waals surface area contributed by atoms with Crippen LogP contribution in [0.5, 0.6) is 0 Å². The highest BCUT2D eigenvalue weighted by atomic mass is 32.1. The van der Waals surface area contributed by atoms with Gasteiger partial charge in [0.15, 0.2) is 11.6 Å². The molecule has 2 nitrogen and oxygen atoms in total. The molecule has 0 saturated carbocycles. The summed E-state index contributed by atoms with van der Waals surface area (Å²) in [6.45, 7) is 0. The summed E-state index contributed by atoms with van der Waals surface area (Å²) in [5.74, 6) is -0.529. The first kappa shape index (κ1) is 11.4. The molecular formula is C15H12O2S. The summed E-state index contributed by atoms with van der Waals surface area (Å²) in [6.07, 6.45) is 1.44. The molecule has 0 fully saturated rings. The summed E-state index contributed by atoms with van der Waals surface area (Å²) in [7, 11) is 0. The standard InChI is InChI=1S/C15H12O2S/c16-14-11-5-2-1-4-10(11)7-8-12(14)15(17)13-6-3-9-18-13/h1-6,9,12H,7-8H2. The number of ketones is 2. The van der Waals surface area contributed by atoms with Crippen molar-refractivity contribution < 1.29 is 9.59 Å². The van der Waals surface area contributed by atoms with Gasteiger partial charge >= 0.3 is 0 Å². The van der Waals surface area contributed by atoms with E-state index in [0.717, 1.165) is 17.5 Å². The van der Waals surface area contributed by atoms with E-state index in [1.165, 1.54) is 11.3 Å². The van der Waals surface area contributed by atoms with E-state index in [1.54, 1.807) is 6.07 Å². The molecule has 0 radical (unpaired) electrons. The Kier molecular flexibility index (Phi) is 2.84. The van der Waals surface area contributed by atoms with Gasteiger partial charge in [-0.25, -0.2) is 0 Å². The fourth-order valence-electron chi connectivity index (χ4n) is 2.44. The second-order valence-corrected chi connectivity index (χ2v) is 5.40. The number of Topliss-reactive ketones (excluding diaryl/α,β-unsaturated/α-hetero) is 2. The topological polar surface area (TPSA) is 34.1 Å². The third-order valence-electron chi connectivity index (χ3n) is 3.38. The lowest BCUT2D eigenvalue weighted by molar-refractivity contribution is 0.0793. The Morgan fingerprint density at radius 2 is 2.00 bits per heavy atom. The molecule has 1 aromatic heterocycles. The molecule has 0 amide bonds. The number of carbonyl (C=O) groups is 2. The van der Waals surface area contributed by atoms with Crippen LogP contribution in [0.4, 0.5) is 0 Å². The average molecular weight is 256 g/mol. The van der Waals surface area contributed by atoms with Crippen LogP contribution in [0.2, 0.25) is 0 Å². The Hall–Kier alpha value is -1.74. The van der Waals surface area contributed by atoms with E-state index >= 15 is 0 Å². The molecule has 90 valence electrons. The lowest BCUT2D eigenvalue weighted by atomic mass is 9.80. The lowest BCUT2D eigenvalue weighted by Gasteiger charge is -2.21. The van der Waals surface area contributed by atoms with Crippen LogP contribution >= 0.6 is 11.3 Å². The molecular weight excluding hydrogens is 244 g/mol. The molecule has 1 heterocycles. The number of hydrogen-bond donors (Lipinski definition) is 0. The molecule has 0 N–H and O–H groups in total. The maximum atomic E-state index is 12.3. The predicted octanol–water partition coefficient (Wildman–Crippen LogP) is 3.38. The first-order valence-electron chi connectivity index (χ1n) is 5.97. The van der Waals surface area contributed by atoms with E-state index < -0.39 is 5.92 Å². The minimum absolute atomic E-state index is 0.0183. The zero-order valence-electron chi connectivity index (χ0n) is 9.76. The molecule has 3 rings (SSSR count). The second kappa shape index (κ2) is 4.50. The fourth-order valence-corrected chi connectivity index (χ4v) is 3.16. The molecule has 1 atom stereocenters. The van der Waals surface area contributed by atoms with E-state index in [2.05, 4.69) is 0 Å². The SMILES string of the molecule is O=C(c1cccs1)C1CCc2ccccc2C1=O. The van der Waals surface area contributed by atoms with Crippen molar-refractivity contribution in [3.8, 4) is 0 Å². The van der Waals surface area contributed by atoms with Crippen LogP contribution in [0.25, 0.3) is 0 Å². The summed E-state index contributed by atoms with van der Waals surface area (Å²) in [4.78, 5) is 25.3. The van der Waals surface area contributed by atoms with Gasteiger partial charge in [0.1, 0.15) is 0 Å². The zero-order valence-corrected chi connectivity index (χ0v) is 10.6. The lowest BCUT2D eigenvalue weighted by Crippen LogP contribution is -2.29. The zero-order chi connectivity index (χ0) is 12.5. The van der Waals surface area contributed by atoms with Crippen molar-refractivity contribution in [1.82, 2.24) is 0 Å². The van der Waals surface area contributed by atoms with E-state index in [1.807, 2.05) is 35.7 Å². The van der Waals surface area contributed by atoms with Crippen LogP contribution in [-0.2, 0) is 6.42 Å². The smallest absolute Gasteiger partial charge is 0.183 e. The fraction of sp³-hybridized carbons (Fsp3) is 0.200. The highest BCUT2D eigenvalue weighted by Gasteiger charge is 2.33. The number of benzene rings is 1. The molecule has 1 unspecified atom stereocenters. The number of hydrogen-bond acceptors (Lipinski definition) is 3. The van der Waals surface area contributed by atoms with Crippen molar-refractivity contribution in [2.75, 3.05) is 0 Å². The molecule has 18 heavy (non-hydrogen) atoms. The minimum atomic E-state index is -0.487. The van der Waals surface area contributed by atoms with E-state index in [9.17, 15) is 9.59 Å². The van der Waals surface area contributed by atoms with Gasteiger partial charge in [-0.05, 0) is 29.9 Å². The summed E-state index contributed by atoms with van der Waals surface area (Å²) < 4.78 is 0. The molecule has 0 spiro atoms. The van der Waals surface area contributed by atoms with Gasteiger partial charge in [-0.2, -0.15) is 0 Å². The molecule has 1 aliphatic carbocycles. The molecule has 0 bridgehead atoms.